The van der Waals surface area contributed by atoms with Crippen LogP contribution in [0.5, 0.6) is 0 Å². The highest BCUT2D eigenvalue weighted by Gasteiger charge is 2.47. The summed E-state index contributed by atoms with van der Waals surface area (Å²) in [7, 11) is -4.22. The molecule has 3 rings (SSSR count). The van der Waals surface area contributed by atoms with E-state index >= 15 is 0 Å². The molecule has 1 unspecified atom stereocenters. The average Bonchev–Trinajstić information content (AvgIpc) is 3.01. The molecule has 33 heavy (non-hydrogen) atoms. The second kappa shape index (κ2) is 9.79. The van der Waals surface area contributed by atoms with Crippen molar-refractivity contribution in [3.63, 3.8) is 0 Å². The number of ether oxygens (including phenoxy) is 1. The number of anilines is 1. The molecule has 1 aromatic carbocycles. The molecular formula is C18H21N4O10P. The molecule has 14 nitrogen and oxygen atoms in total. The second-order valence-corrected chi connectivity index (χ2v) is 8.88. The van der Waals surface area contributed by atoms with Crippen molar-refractivity contribution in [3.05, 3.63) is 62.9 Å². The van der Waals surface area contributed by atoms with Gasteiger partial charge in [0, 0.05) is 18.0 Å². The molecule has 4 atom stereocenters. The fraction of sp³-hybridized carbons (Fsp3) is 0.333. The van der Waals surface area contributed by atoms with Crippen LogP contribution in [0.25, 0.3) is 0 Å². The Morgan fingerprint density at radius 1 is 1.09 bits per heavy atom. The molecule has 0 bridgehead atoms. The highest BCUT2D eigenvalue weighted by atomic mass is 31.2. The summed E-state index contributed by atoms with van der Waals surface area (Å²) < 4.78 is 17.1. The number of aromatic nitrogens is 2. The average molecular weight is 484 g/mol. The van der Waals surface area contributed by atoms with Crippen LogP contribution in [0, 0.1) is 0 Å². The van der Waals surface area contributed by atoms with Crippen molar-refractivity contribution in [2.45, 2.75) is 30.7 Å². The number of carbonyl (C=O) groups excluding carboxylic acids is 2. The molecule has 2 heterocycles. The molecule has 0 aliphatic carbocycles. The summed E-state index contributed by atoms with van der Waals surface area (Å²) in [5, 5.41) is 25.0. The maximum Gasteiger partial charge on any atom is 0.330 e. The summed E-state index contributed by atoms with van der Waals surface area (Å²) in [5.41, 5.74) is -0.905. The Hall–Kier alpha value is -3.13. The summed E-state index contributed by atoms with van der Waals surface area (Å²) >= 11 is 0. The number of rotatable bonds is 7. The summed E-state index contributed by atoms with van der Waals surface area (Å²) in [4.78, 5) is 67.4. The van der Waals surface area contributed by atoms with Gasteiger partial charge in [0.15, 0.2) is 12.3 Å². The Kier molecular flexibility index (Phi) is 7.27. The van der Waals surface area contributed by atoms with Crippen LogP contribution in [0.15, 0.2) is 46.1 Å². The molecule has 2 amide bonds. The highest BCUT2D eigenvalue weighted by Crippen LogP contribution is 2.39. The first-order chi connectivity index (χ1) is 15.4. The predicted molar refractivity (Wildman–Crippen MR) is 111 cm³/mol. The first-order valence-electron chi connectivity index (χ1n) is 9.49. The van der Waals surface area contributed by atoms with E-state index < -0.39 is 67.9 Å². The maximum absolute atomic E-state index is 12.3. The van der Waals surface area contributed by atoms with Crippen LogP contribution in [-0.2, 0) is 25.1 Å². The van der Waals surface area contributed by atoms with Crippen LogP contribution >= 0.6 is 7.60 Å². The van der Waals surface area contributed by atoms with E-state index in [4.69, 9.17) is 14.5 Å². The van der Waals surface area contributed by atoms with E-state index in [1.165, 1.54) is 24.3 Å². The minimum atomic E-state index is -4.22. The Morgan fingerprint density at radius 2 is 1.76 bits per heavy atom. The molecule has 1 aromatic heterocycles. The monoisotopic (exact) mass is 484 g/mol. The van der Waals surface area contributed by atoms with E-state index in [0.29, 0.717) is 11.3 Å². The Labute approximate surface area is 185 Å². The van der Waals surface area contributed by atoms with Gasteiger partial charge in [-0.1, -0.05) is 12.1 Å². The fourth-order valence-corrected chi connectivity index (χ4v) is 3.82. The normalized spacial score (nSPS) is 22.7. The van der Waals surface area contributed by atoms with Crippen molar-refractivity contribution in [3.8, 4) is 0 Å². The first-order valence-corrected chi connectivity index (χ1v) is 11.3. The van der Waals surface area contributed by atoms with Crippen molar-refractivity contribution in [1.29, 1.82) is 0 Å². The minimum Gasteiger partial charge on any atom is -0.387 e. The first kappa shape index (κ1) is 24.5. The molecule has 15 heteroatoms. The summed E-state index contributed by atoms with van der Waals surface area (Å²) in [5.74, 6) is -1.57. The lowest BCUT2D eigenvalue weighted by atomic mass is 10.1. The van der Waals surface area contributed by atoms with Gasteiger partial charge in [0.2, 0.25) is 5.91 Å². The van der Waals surface area contributed by atoms with Crippen LogP contribution in [-0.4, -0.2) is 66.2 Å². The van der Waals surface area contributed by atoms with Crippen molar-refractivity contribution in [1.82, 2.24) is 14.9 Å². The summed E-state index contributed by atoms with van der Waals surface area (Å²) in [6.07, 6.45) is -5.81. The number of aromatic amines is 1. The molecule has 0 radical (unpaired) electrons. The smallest absolute Gasteiger partial charge is 0.330 e. The minimum absolute atomic E-state index is 0.314. The van der Waals surface area contributed by atoms with Crippen LogP contribution in [0.3, 0.4) is 0 Å². The lowest BCUT2D eigenvalue weighted by molar-refractivity contribution is -0.138. The molecule has 1 aliphatic heterocycles. The lowest BCUT2D eigenvalue weighted by Crippen LogP contribution is -2.45. The van der Waals surface area contributed by atoms with Crippen molar-refractivity contribution in [2.75, 3.05) is 11.9 Å². The zero-order valence-electron chi connectivity index (χ0n) is 16.8. The molecular weight excluding hydrogens is 463 g/mol. The third-order valence-electron chi connectivity index (χ3n) is 4.67. The van der Waals surface area contributed by atoms with Gasteiger partial charge in [0.05, 0.1) is 12.7 Å². The molecule has 0 spiro atoms. The largest absolute Gasteiger partial charge is 0.387 e. The number of nitrogens with one attached hydrogen (secondary N) is 3. The number of benzene rings is 1. The second-order valence-electron chi connectivity index (χ2n) is 7.23. The zero-order valence-corrected chi connectivity index (χ0v) is 17.7. The van der Waals surface area contributed by atoms with Gasteiger partial charge in [-0.15, -0.1) is 0 Å². The SMILES string of the molecule is O=C(CNC(=O)[C@H]1OC(n2ccc(=O)[nH]c2=O)[C@@H](O)[C@H]1O)Nc1ccc(CP(=O)(O)O)cc1. The number of aliphatic hydroxyl groups is 2. The zero-order chi connectivity index (χ0) is 24.3. The van der Waals surface area contributed by atoms with E-state index in [-0.39, 0.29) is 0 Å². The van der Waals surface area contributed by atoms with Gasteiger partial charge < -0.3 is 35.4 Å². The van der Waals surface area contributed by atoms with Gasteiger partial charge in [-0.05, 0) is 17.7 Å². The van der Waals surface area contributed by atoms with Gasteiger partial charge in [-0.3, -0.25) is 28.5 Å². The van der Waals surface area contributed by atoms with Crippen molar-refractivity contribution >= 4 is 25.1 Å². The number of H-pyrrole nitrogens is 1. The van der Waals surface area contributed by atoms with Gasteiger partial charge >= 0.3 is 13.3 Å². The van der Waals surface area contributed by atoms with Crippen LogP contribution in [0.2, 0.25) is 0 Å². The Morgan fingerprint density at radius 3 is 2.36 bits per heavy atom. The number of aliphatic hydroxyl groups excluding tert-OH is 2. The van der Waals surface area contributed by atoms with E-state index in [9.17, 15) is 34.0 Å². The van der Waals surface area contributed by atoms with E-state index in [1.54, 1.807) is 0 Å². The van der Waals surface area contributed by atoms with Crippen LogP contribution in [0.1, 0.15) is 11.8 Å². The van der Waals surface area contributed by atoms with E-state index in [0.717, 1.165) is 16.8 Å². The standard InChI is InChI=1S/C18H21N4O10P/c23-11-5-6-22(18(28)21-11)17-14(26)13(25)15(32-17)16(27)19-7-12(24)20-10-3-1-9(2-4-10)8-33(29,30)31/h1-6,13-15,17,25-26H,7-8H2,(H,19,27)(H,20,24)(H,21,23,28)(H2,29,30,31)/t13-,14+,15+,17?/m1/s1. The fourth-order valence-electron chi connectivity index (χ4n) is 3.14. The molecule has 2 aromatic rings. The van der Waals surface area contributed by atoms with Crippen molar-refractivity contribution < 1.29 is 38.9 Å². The summed E-state index contributed by atoms with van der Waals surface area (Å²) in [6, 6.07) is 6.71. The Balaban J connectivity index is 1.55. The molecule has 1 fully saturated rings. The quantitative estimate of drug-likeness (QED) is 0.206. The number of hydrogen-bond acceptors (Lipinski definition) is 8. The third-order valence-corrected chi connectivity index (χ3v) is 5.45. The maximum atomic E-state index is 12.3. The molecule has 1 aliphatic rings. The molecule has 7 N–H and O–H groups in total. The third kappa shape index (κ3) is 6.22. The van der Waals surface area contributed by atoms with Crippen molar-refractivity contribution in [2.24, 2.45) is 0 Å². The summed E-state index contributed by atoms with van der Waals surface area (Å²) in [6.45, 7) is -0.519. The van der Waals surface area contributed by atoms with Gasteiger partial charge in [0.1, 0.15) is 12.2 Å². The van der Waals surface area contributed by atoms with E-state index in [1.807, 2.05) is 4.98 Å². The van der Waals surface area contributed by atoms with Crippen LogP contribution < -0.4 is 21.9 Å². The van der Waals surface area contributed by atoms with Gasteiger partial charge in [-0.2, -0.15) is 0 Å². The van der Waals surface area contributed by atoms with Crippen LogP contribution in [0.4, 0.5) is 5.69 Å². The van der Waals surface area contributed by atoms with Gasteiger partial charge in [0.25, 0.3) is 11.5 Å². The number of nitrogens with zero attached hydrogens (tertiary/aromatic N) is 1. The Bertz CT molecular complexity index is 1190. The topological polar surface area (TPSA) is 220 Å². The number of hydrogen-bond donors (Lipinski definition) is 7. The molecule has 178 valence electrons. The highest BCUT2D eigenvalue weighted by molar-refractivity contribution is 7.50. The predicted octanol–water partition coefficient (Wildman–Crippen LogP) is -2.41. The molecule has 1 saturated heterocycles. The number of amides is 2. The van der Waals surface area contributed by atoms with Gasteiger partial charge in [-0.25, -0.2) is 4.79 Å². The lowest BCUT2D eigenvalue weighted by Gasteiger charge is -2.16. The number of carbonyl (C=O) groups is 2. The molecule has 0 saturated carbocycles. The van der Waals surface area contributed by atoms with E-state index in [2.05, 4.69) is 10.6 Å².